The van der Waals surface area contributed by atoms with Crippen LogP contribution < -0.4 is 4.90 Å². The standard InChI is InChI=1S/C14H20N2O2/c1-3-8-16(9-11-4-5-11)13-7-6-12(14(17)18)10(2)15-13/h6-7,11H,3-5,8-9H2,1-2H3,(H,17,18). The van der Waals surface area contributed by atoms with Crippen LogP contribution in [-0.4, -0.2) is 29.1 Å². The molecule has 18 heavy (non-hydrogen) atoms. The number of rotatable bonds is 6. The molecule has 0 aliphatic heterocycles. The lowest BCUT2D eigenvalue weighted by Gasteiger charge is -2.23. The Kier molecular flexibility index (Phi) is 3.84. The Bertz CT molecular complexity index is 441. The largest absolute Gasteiger partial charge is 0.478 e. The number of carboxylic acid groups (broad SMARTS) is 1. The molecule has 0 bridgehead atoms. The van der Waals surface area contributed by atoms with Gasteiger partial charge in [-0.15, -0.1) is 0 Å². The van der Waals surface area contributed by atoms with Crippen molar-refractivity contribution in [1.29, 1.82) is 0 Å². The van der Waals surface area contributed by atoms with Crippen LogP contribution in [0.5, 0.6) is 0 Å². The third kappa shape index (κ3) is 3.00. The zero-order chi connectivity index (χ0) is 13.1. The lowest BCUT2D eigenvalue weighted by Crippen LogP contribution is -2.27. The molecule has 1 fully saturated rings. The summed E-state index contributed by atoms with van der Waals surface area (Å²) in [6.07, 6.45) is 3.70. The molecule has 1 aliphatic rings. The Hall–Kier alpha value is -1.58. The zero-order valence-corrected chi connectivity index (χ0v) is 11.0. The second-order valence-electron chi connectivity index (χ2n) is 5.00. The van der Waals surface area contributed by atoms with Gasteiger partial charge in [0.2, 0.25) is 0 Å². The van der Waals surface area contributed by atoms with E-state index in [0.717, 1.165) is 31.2 Å². The monoisotopic (exact) mass is 248 g/mol. The number of nitrogens with zero attached hydrogens (tertiary/aromatic N) is 2. The summed E-state index contributed by atoms with van der Waals surface area (Å²) in [7, 11) is 0. The van der Waals surface area contributed by atoms with Gasteiger partial charge in [0.05, 0.1) is 11.3 Å². The molecule has 0 unspecified atom stereocenters. The highest BCUT2D eigenvalue weighted by Crippen LogP contribution is 2.31. The van der Waals surface area contributed by atoms with E-state index in [4.69, 9.17) is 5.11 Å². The molecule has 1 aliphatic carbocycles. The highest BCUT2D eigenvalue weighted by molar-refractivity contribution is 5.89. The zero-order valence-electron chi connectivity index (χ0n) is 11.0. The number of hydrogen-bond acceptors (Lipinski definition) is 3. The van der Waals surface area contributed by atoms with Crippen LogP contribution in [0.4, 0.5) is 5.82 Å². The number of aromatic carboxylic acids is 1. The first kappa shape index (κ1) is 12.9. The minimum absolute atomic E-state index is 0.293. The molecule has 1 N–H and O–H groups in total. The Morgan fingerprint density at radius 2 is 2.22 bits per heavy atom. The molecular formula is C14H20N2O2. The number of pyridine rings is 1. The third-order valence-electron chi connectivity index (χ3n) is 3.29. The minimum Gasteiger partial charge on any atom is -0.478 e. The van der Waals surface area contributed by atoms with E-state index in [1.807, 2.05) is 6.07 Å². The summed E-state index contributed by atoms with van der Waals surface area (Å²) in [6, 6.07) is 3.49. The van der Waals surface area contributed by atoms with Gasteiger partial charge in [-0.25, -0.2) is 9.78 Å². The van der Waals surface area contributed by atoms with E-state index in [9.17, 15) is 4.79 Å². The molecule has 2 rings (SSSR count). The van der Waals surface area contributed by atoms with Crippen LogP contribution in [0.3, 0.4) is 0 Å². The van der Waals surface area contributed by atoms with Crippen molar-refractivity contribution in [2.75, 3.05) is 18.0 Å². The van der Waals surface area contributed by atoms with Crippen LogP contribution in [0, 0.1) is 12.8 Å². The summed E-state index contributed by atoms with van der Waals surface area (Å²) in [5.41, 5.74) is 0.888. The number of hydrogen-bond donors (Lipinski definition) is 1. The smallest absolute Gasteiger partial charge is 0.337 e. The fraction of sp³-hybridized carbons (Fsp3) is 0.571. The Balaban J connectivity index is 2.18. The Morgan fingerprint density at radius 3 is 2.72 bits per heavy atom. The second kappa shape index (κ2) is 5.38. The van der Waals surface area contributed by atoms with Crippen LogP contribution in [0.15, 0.2) is 12.1 Å². The van der Waals surface area contributed by atoms with Crippen molar-refractivity contribution in [1.82, 2.24) is 4.98 Å². The first-order valence-electron chi connectivity index (χ1n) is 6.57. The number of anilines is 1. The number of aromatic nitrogens is 1. The van der Waals surface area contributed by atoms with Crippen LogP contribution in [0.1, 0.15) is 42.2 Å². The van der Waals surface area contributed by atoms with Gasteiger partial charge in [0.25, 0.3) is 0 Å². The van der Waals surface area contributed by atoms with Gasteiger partial charge in [0, 0.05) is 13.1 Å². The normalized spacial score (nSPS) is 14.6. The molecule has 1 heterocycles. The molecule has 0 spiro atoms. The quantitative estimate of drug-likeness (QED) is 0.841. The molecule has 4 nitrogen and oxygen atoms in total. The van der Waals surface area contributed by atoms with Crippen LogP contribution in [0.25, 0.3) is 0 Å². The van der Waals surface area contributed by atoms with Gasteiger partial charge in [-0.2, -0.15) is 0 Å². The summed E-state index contributed by atoms with van der Waals surface area (Å²) in [5, 5.41) is 9.00. The molecule has 4 heteroatoms. The first-order valence-corrected chi connectivity index (χ1v) is 6.57. The molecule has 0 atom stereocenters. The fourth-order valence-corrected chi connectivity index (χ4v) is 2.13. The summed E-state index contributed by atoms with van der Waals surface area (Å²) < 4.78 is 0. The maximum Gasteiger partial charge on any atom is 0.337 e. The minimum atomic E-state index is -0.907. The van der Waals surface area contributed by atoms with Gasteiger partial charge in [-0.1, -0.05) is 6.92 Å². The van der Waals surface area contributed by atoms with Crippen molar-refractivity contribution in [3.05, 3.63) is 23.4 Å². The highest BCUT2D eigenvalue weighted by atomic mass is 16.4. The summed E-state index contributed by atoms with van der Waals surface area (Å²) in [5.74, 6) is 0.805. The maximum atomic E-state index is 11.0. The van der Waals surface area contributed by atoms with Gasteiger partial charge in [0.1, 0.15) is 5.82 Å². The van der Waals surface area contributed by atoms with E-state index in [-0.39, 0.29) is 0 Å². The van der Waals surface area contributed by atoms with Gasteiger partial charge in [-0.05, 0) is 44.2 Å². The van der Waals surface area contributed by atoms with Crippen molar-refractivity contribution in [2.24, 2.45) is 5.92 Å². The topological polar surface area (TPSA) is 53.4 Å². The summed E-state index contributed by atoms with van der Waals surface area (Å²) in [4.78, 5) is 17.7. The molecule has 98 valence electrons. The second-order valence-corrected chi connectivity index (χ2v) is 5.00. The van der Waals surface area contributed by atoms with E-state index in [0.29, 0.717) is 11.3 Å². The lowest BCUT2D eigenvalue weighted by molar-refractivity contribution is 0.0695. The Morgan fingerprint density at radius 1 is 1.50 bits per heavy atom. The van der Waals surface area contributed by atoms with E-state index in [1.165, 1.54) is 12.8 Å². The van der Waals surface area contributed by atoms with Gasteiger partial charge < -0.3 is 10.0 Å². The van der Waals surface area contributed by atoms with Crippen LogP contribution in [-0.2, 0) is 0 Å². The van der Waals surface area contributed by atoms with E-state index >= 15 is 0 Å². The van der Waals surface area contributed by atoms with Crippen molar-refractivity contribution >= 4 is 11.8 Å². The van der Waals surface area contributed by atoms with E-state index in [1.54, 1.807) is 13.0 Å². The average molecular weight is 248 g/mol. The van der Waals surface area contributed by atoms with Gasteiger partial charge >= 0.3 is 5.97 Å². The summed E-state index contributed by atoms with van der Waals surface area (Å²) in [6.45, 7) is 5.94. The highest BCUT2D eigenvalue weighted by Gasteiger charge is 2.25. The average Bonchev–Trinajstić information content (AvgIpc) is 3.11. The Labute approximate surface area is 108 Å². The van der Waals surface area contributed by atoms with Crippen molar-refractivity contribution in [3.63, 3.8) is 0 Å². The van der Waals surface area contributed by atoms with Gasteiger partial charge in [0.15, 0.2) is 0 Å². The van der Waals surface area contributed by atoms with Crippen LogP contribution >= 0.6 is 0 Å². The first-order chi connectivity index (χ1) is 8.61. The van der Waals surface area contributed by atoms with Crippen LogP contribution in [0.2, 0.25) is 0 Å². The number of carbonyl (C=O) groups is 1. The molecular weight excluding hydrogens is 228 g/mol. The number of aryl methyl sites for hydroxylation is 1. The molecule has 0 aromatic carbocycles. The molecule has 1 aromatic rings. The lowest BCUT2D eigenvalue weighted by atomic mass is 10.2. The fourth-order valence-electron chi connectivity index (χ4n) is 2.13. The molecule has 0 radical (unpaired) electrons. The maximum absolute atomic E-state index is 11.0. The molecule has 0 amide bonds. The SMILES string of the molecule is CCCN(CC1CC1)c1ccc(C(=O)O)c(C)n1. The van der Waals surface area contributed by atoms with Crippen molar-refractivity contribution < 1.29 is 9.90 Å². The summed E-state index contributed by atoms with van der Waals surface area (Å²) >= 11 is 0. The van der Waals surface area contributed by atoms with Crippen molar-refractivity contribution in [2.45, 2.75) is 33.1 Å². The van der Waals surface area contributed by atoms with E-state index < -0.39 is 5.97 Å². The van der Waals surface area contributed by atoms with E-state index in [2.05, 4.69) is 16.8 Å². The third-order valence-corrected chi connectivity index (χ3v) is 3.29. The number of carboxylic acids is 1. The molecule has 0 saturated heterocycles. The molecule has 1 aromatic heterocycles. The predicted octanol–water partition coefficient (Wildman–Crippen LogP) is 2.71. The molecule has 1 saturated carbocycles. The van der Waals surface area contributed by atoms with Crippen molar-refractivity contribution in [3.8, 4) is 0 Å². The van der Waals surface area contributed by atoms with Gasteiger partial charge in [-0.3, -0.25) is 0 Å². The predicted molar refractivity (Wildman–Crippen MR) is 71.2 cm³/mol.